The topological polar surface area (TPSA) is 24.8 Å². The van der Waals surface area contributed by atoms with Crippen LogP contribution in [0.4, 0.5) is 5.69 Å². The summed E-state index contributed by atoms with van der Waals surface area (Å²) in [4.78, 5) is 7.08. The van der Waals surface area contributed by atoms with E-state index < -0.39 is 5.72 Å². The summed E-state index contributed by atoms with van der Waals surface area (Å²) in [5.74, 6) is 0.901. The van der Waals surface area contributed by atoms with Gasteiger partial charge in [0, 0.05) is 12.0 Å². The number of nitrogens with zero attached hydrogens (tertiary/aromatic N) is 2. The van der Waals surface area contributed by atoms with Crippen LogP contribution in [0.15, 0.2) is 29.3 Å². The third-order valence-corrected chi connectivity index (χ3v) is 4.56. The van der Waals surface area contributed by atoms with E-state index in [9.17, 15) is 0 Å². The van der Waals surface area contributed by atoms with Crippen LogP contribution >= 0.6 is 0 Å². The van der Waals surface area contributed by atoms with Crippen LogP contribution in [-0.4, -0.2) is 29.9 Å². The van der Waals surface area contributed by atoms with Gasteiger partial charge < -0.3 is 4.74 Å². The van der Waals surface area contributed by atoms with Gasteiger partial charge in [-0.05, 0) is 31.5 Å². The van der Waals surface area contributed by atoms with Crippen molar-refractivity contribution < 1.29 is 4.74 Å². The fourth-order valence-corrected chi connectivity index (χ4v) is 3.34. The van der Waals surface area contributed by atoms with Gasteiger partial charge >= 0.3 is 0 Å². The quantitative estimate of drug-likeness (QED) is 0.768. The van der Waals surface area contributed by atoms with E-state index in [-0.39, 0.29) is 5.41 Å². The zero-order chi connectivity index (χ0) is 13.5. The zero-order valence-electron chi connectivity index (χ0n) is 12.0. The fraction of sp³-hybridized carbons (Fsp3) is 0.562. The van der Waals surface area contributed by atoms with Crippen molar-refractivity contribution in [2.24, 2.45) is 10.4 Å². The van der Waals surface area contributed by atoms with E-state index in [4.69, 9.17) is 4.74 Å². The van der Waals surface area contributed by atoms with Crippen molar-refractivity contribution in [3.8, 4) is 5.75 Å². The van der Waals surface area contributed by atoms with Crippen LogP contribution in [0.3, 0.4) is 0 Å². The SMILES string of the molecule is CCN1CCCC(C)(C)C12C=Nc1ccccc1O2. The molecular formula is C16H22N2O. The van der Waals surface area contributed by atoms with Gasteiger partial charge in [0.2, 0.25) is 5.72 Å². The fourth-order valence-electron chi connectivity index (χ4n) is 3.34. The van der Waals surface area contributed by atoms with Crippen molar-refractivity contribution in [1.82, 2.24) is 4.90 Å². The molecule has 2 heterocycles. The molecule has 1 spiro atoms. The molecule has 0 amide bonds. The molecule has 0 bridgehead atoms. The molecular weight excluding hydrogens is 236 g/mol. The number of hydrogen-bond acceptors (Lipinski definition) is 3. The maximum Gasteiger partial charge on any atom is 0.204 e. The first kappa shape index (κ1) is 12.7. The average molecular weight is 258 g/mol. The Labute approximate surface area is 115 Å². The summed E-state index contributed by atoms with van der Waals surface area (Å²) in [6.45, 7) is 8.83. The summed E-state index contributed by atoms with van der Waals surface area (Å²) in [7, 11) is 0. The number of aliphatic imine (C=N–C) groups is 1. The minimum atomic E-state index is -0.394. The molecule has 0 aliphatic carbocycles. The van der Waals surface area contributed by atoms with Crippen LogP contribution in [0, 0.1) is 5.41 Å². The molecule has 1 saturated heterocycles. The summed E-state index contributed by atoms with van der Waals surface area (Å²) < 4.78 is 6.46. The maximum absolute atomic E-state index is 6.46. The van der Waals surface area contributed by atoms with E-state index in [1.54, 1.807) is 0 Å². The van der Waals surface area contributed by atoms with Crippen LogP contribution in [0.25, 0.3) is 0 Å². The number of rotatable bonds is 1. The highest BCUT2D eigenvalue weighted by molar-refractivity contribution is 5.78. The molecule has 3 rings (SSSR count). The van der Waals surface area contributed by atoms with E-state index in [0.29, 0.717) is 0 Å². The predicted octanol–water partition coefficient (Wildman–Crippen LogP) is 3.62. The number of para-hydroxylation sites is 2. The number of benzene rings is 1. The third kappa shape index (κ3) is 1.79. The highest BCUT2D eigenvalue weighted by Crippen LogP contribution is 2.47. The average Bonchev–Trinajstić information content (AvgIpc) is 2.42. The van der Waals surface area contributed by atoms with Gasteiger partial charge in [-0.25, -0.2) is 0 Å². The molecule has 3 heteroatoms. The molecule has 0 aromatic heterocycles. The molecule has 102 valence electrons. The van der Waals surface area contributed by atoms with Crippen molar-refractivity contribution in [2.45, 2.75) is 39.3 Å². The summed E-state index contributed by atoms with van der Waals surface area (Å²) in [6.07, 6.45) is 4.41. The summed E-state index contributed by atoms with van der Waals surface area (Å²) in [5, 5.41) is 0. The van der Waals surface area contributed by atoms with Crippen LogP contribution in [0.1, 0.15) is 33.6 Å². The first-order chi connectivity index (χ1) is 9.09. The van der Waals surface area contributed by atoms with Gasteiger partial charge in [-0.1, -0.05) is 32.9 Å². The highest BCUT2D eigenvalue weighted by Gasteiger charge is 2.53. The number of likely N-dealkylation sites (tertiary alicyclic amines) is 1. The van der Waals surface area contributed by atoms with Crippen molar-refractivity contribution in [3.05, 3.63) is 24.3 Å². The number of ether oxygens (including phenoxy) is 1. The molecule has 0 radical (unpaired) electrons. The van der Waals surface area contributed by atoms with Crippen molar-refractivity contribution in [2.75, 3.05) is 13.1 Å². The Morgan fingerprint density at radius 1 is 1.32 bits per heavy atom. The molecule has 1 fully saturated rings. The van der Waals surface area contributed by atoms with Gasteiger partial charge in [0.05, 0.1) is 6.21 Å². The Hall–Kier alpha value is -1.35. The lowest BCUT2D eigenvalue weighted by Crippen LogP contribution is -2.66. The number of fused-ring (bicyclic) bond motifs is 1. The van der Waals surface area contributed by atoms with E-state index in [2.05, 4.69) is 30.7 Å². The first-order valence-corrected chi connectivity index (χ1v) is 7.17. The van der Waals surface area contributed by atoms with Gasteiger partial charge in [0.15, 0.2) is 0 Å². The second kappa shape index (κ2) is 4.34. The lowest BCUT2D eigenvalue weighted by Gasteiger charge is -2.54. The van der Waals surface area contributed by atoms with Gasteiger partial charge in [0.25, 0.3) is 0 Å². The Balaban J connectivity index is 2.07. The largest absolute Gasteiger partial charge is 0.465 e. The Morgan fingerprint density at radius 3 is 2.89 bits per heavy atom. The Morgan fingerprint density at radius 2 is 2.11 bits per heavy atom. The van der Waals surface area contributed by atoms with Gasteiger partial charge in [0.1, 0.15) is 11.4 Å². The predicted molar refractivity (Wildman–Crippen MR) is 78.2 cm³/mol. The second-order valence-corrected chi connectivity index (χ2v) is 6.09. The molecule has 2 aliphatic rings. The zero-order valence-corrected chi connectivity index (χ0v) is 12.0. The van der Waals surface area contributed by atoms with Gasteiger partial charge in [-0.15, -0.1) is 0 Å². The van der Waals surface area contributed by atoms with Crippen LogP contribution < -0.4 is 4.74 Å². The minimum Gasteiger partial charge on any atom is -0.465 e. The van der Waals surface area contributed by atoms with E-state index in [1.807, 2.05) is 30.5 Å². The molecule has 1 atom stereocenters. The normalized spacial score (nSPS) is 29.0. The molecule has 1 unspecified atom stereocenters. The van der Waals surface area contributed by atoms with Crippen LogP contribution in [-0.2, 0) is 0 Å². The maximum atomic E-state index is 6.46. The monoisotopic (exact) mass is 258 g/mol. The summed E-state index contributed by atoms with van der Waals surface area (Å²) in [6, 6.07) is 8.04. The summed E-state index contributed by atoms with van der Waals surface area (Å²) in [5.41, 5.74) is 0.609. The smallest absolute Gasteiger partial charge is 0.204 e. The third-order valence-electron chi connectivity index (χ3n) is 4.56. The van der Waals surface area contributed by atoms with E-state index in [0.717, 1.165) is 30.9 Å². The highest BCUT2D eigenvalue weighted by atomic mass is 16.5. The molecule has 2 aliphatic heterocycles. The number of hydrogen-bond donors (Lipinski definition) is 0. The van der Waals surface area contributed by atoms with Crippen molar-refractivity contribution in [3.63, 3.8) is 0 Å². The second-order valence-electron chi connectivity index (χ2n) is 6.09. The lowest BCUT2D eigenvalue weighted by atomic mass is 9.73. The molecule has 0 N–H and O–H groups in total. The van der Waals surface area contributed by atoms with E-state index >= 15 is 0 Å². The molecule has 1 aromatic rings. The Kier molecular flexibility index (Phi) is 2.90. The molecule has 0 saturated carbocycles. The molecule has 19 heavy (non-hydrogen) atoms. The van der Waals surface area contributed by atoms with E-state index in [1.165, 1.54) is 6.42 Å². The van der Waals surface area contributed by atoms with Gasteiger partial charge in [-0.3, -0.25) is 9.89 Å². The van der Waals surface area contributed by atoms with Crippen LogP contribution in [0.2, 0.25) is 0 Å². The first-order valence-electron chi connectivity index (χ1n) is 7.17. The van der Waals surface area contributed by atoms with Gasteiger partial charge in [-0.2, -0.15) is 0 Å². The number of piperidine rings is 1. The Bertz CT molecular complexity index is 509. The molecule has 1 aromatic carbocycles. The van der Waals surface area contributed by atoms with Crippen molar-refractivity contribution >= 4 is 11.9 Å². The minimum absolute atomic E-state index is 0.0677. The van der Waals surface area contributed by atoms with Crippen LogP contribution in [0.5, 0.6) is 5.75 Å². The standard InChI is InChI=1S/C16H22N2O/c1-4-18-11-7-10-15(2,3)16(18)12-17-13-8-5-6-9-14(13)19-16/h5-6,8-9,12H,4,7,10-11H2,1-3H3. The summed E-state index contributed by atoms with van der Waals surface area (Å²) >= 11 is 0. The van der Waals surface area contributed by atoms with Crippen molar-refractivity contribution in [1.29, 1.82) is 0 Å². The lowest BCUT2D eigenvalue weighted by molar-refractivity contribution is -0.132. The molecule has 3 nitrogen and oxygen atoms in total.